The number of nitrogens with zero attached hydrogens (tertiary/aromatic N) is 1. The van der Waals surface area contributed by atoms with Crippen LogP contribution in [0.25, 0.3) is 16.5 Å². The predicted molar refractivity (Wildman–Crippen MR) is 140 cm³/mol. The Bertz CT molecular complexity index is 1160. The molecule has 4 nitrogen and oxygen atoms in total. The summed E-state index contributed by atoms with van der Waals surface area (Å²) in [4.78, 5) is 6.03. The molecule has 3 N–H and O–H groups in total. The molecule has 0 spiro atoms. The van der Waals surface area contributed by atoms with Crippen molar-refractivity contribution in [1.82, 2.24) is 9.88 Å². The van der Waals surface area contributed by atoms with E-state index in [4.69, 9.17) is 23.8 Å². The van der Waals surface area contributed by atoms with Crippen LogP contribution in [0.5, 0.6) is 0 Å². The molecule has 1 fully saturated rings. The first-order valence-electron chi connectivity index (χ1n) is 10.1. The maximum Gasteiger partial charge on any atom is 0.175 e. The summed E-state index contributed by atoms with van der Waals surface area (Å²) < 4.78 is 1.10. The maximum absolute atomic E-state index is 6.28. The number of hydrogen-bond donors (Lipinski definition) is 3. The van der Waals surface area contributed by atoms with Crippen molar-refractivity contribution < 1.29 is 0 Å². The van der Waals surface area contributed by atoms with Crippen LogP contribution in [0.15, 0.2) is 48.7 Å². The van der Waals surface area contributed by atoms with Crippen molar-refractivity contribution in [1.29, 1.82) is 0 Å². The van der Waals surface area contributed by atoms with Crippen LogP contribution in [0, 0.1) is 3.57 Å². The minimum absolute atomic E-state index is 0.522. The summed E-state index contributed by atoms with van der Waals surface area (Å²) in [6, 6.07) is 12.8. The van der Waals surface area contributed by atoms with Gasteiger partial charge in [-0.1, -0.05) is 17.7 Å². The van der Waals surface area contributed by atoms with Crippen LogP contribution >= 0.6 is 46.4 Å². The van der Waals surface area contributed by atoms with Crippen LogP contribution in [0.4, 0.5) is 11.4 Å². The van der Waals surface area contributed by atoms with E-state index < -0.39 is 0 Å². The zero-order valence-electron chi connectivity index (χ0n) is 16.3. The molecule has 0 amide bonds. The number of rotatable bonds is 3. The average Bonchev–Trinajstić information content (AvgIpc) is 3.36. The van der Waals surface area contributed by atoms with E-state index in [1.165, 1.54) is 35.9 Å². The van der Waals surface area contributed by atoms with Crippen molar-refractivity contribution in [2.45, 2.75) is 25.3 Å². The zero-order chi connectivity index (χ0) is 20.7. The summed E-state index contributed by atoms with van der Waals surface area (Å²) in [5, 5.41) is 8.91. The van der Waals surface area contributed by atoms with Gasteiger partial charge in [-0.2, -0.15) is 0 Å². The Morgan fingerprint density at radius 2 is 2.10 bits per heavy atom. The summed E-state index contributed by atoms with van der Waals surface area (Å²) >= 11 is 14.1. The van der Waals surface area contributed by atoms with Crippen molar-refractivity contribution in [2.75, 3.05) is 23.7 Å². The Kier molecular flexibility index (Phi) is 5.75. The van der Waals surface area contributed by atoms with Crippen LogP contribution in [-0.2, 0) is 0 Å². The SMILES string of the molecule is S=C(Nc1ccc2[nH]cc(C3=CCN4CCCC4C3)c2c1)Nc1cc(I)ccc1Cl. The van der Waals surface area contributed by atoms with Gasteiger partial charge in [0.1, 0.15) is 0 Å². The van der Waals surface area contributed by atoms with E-state index in [9.17, 15) is 0 Å². The quantitative estimate of drug-likeness (QED) is 0.259. The lowest BCUT2D eigenvalue weighted by atomic mass is 9.94. The first-order valence-corrected chi connectivity index (χ1v) is 12.0. The normalized spacial score (nSPS) is 18.9. The number of fused-ring (bicyclic) bond motifs is 2. The molecule has 3 aromatic rings. The molecule has 2 aliphatic heterocycles. The van der Waals surface area contributed by atoms with Gasteiger partial charge >= 0.3 is 0 Å². The number of thiocarbonyl (C=S) groups is 1. The van der Waals surface area contributed by atoms with Crippen molar-refractivity contribution in [3.05, 3.63) is 62.8 Å². The van der Waals surface area contributed by atoms with Gasteiger partial charge in [-0.05, 0) is 103 Å². The zero-order valence-corrected chi connectivity index (χ0v) is 20.1. The third-order valence-corrected chi connectivity index (χ3v) is 7.19. The first-order chi connectivity index (χ1) is 14.6. The summed E-state index contributed by atoms with van der Waals surface area (Å²) in [6.45, 7) is 2.31. The largest absolute Gasteiger partial charge is 0.361 e. The second kappa shape index (κ2) is 8.49. The standard InChI is InChI=1S/C23H22ClIN4S/c24-20-5-3-15(25)11-22(20)28-23(30)27-16-4-6-21-18(12-16)19(13-26-21)14-7-9-29-8-1-2-17(29)10-14/h3-7,11-13,17,26H,1-2,8-10H2,(H2,27,28,30). The van der Waals surface area contributed by atoms with Gasteiger partial charge in [0.15, 0.2) is 5.11 Å². The third kappa shape index (κ3) is 4.10. The highest BCUT2D eigenvalue weighted by Crippen LogP contribution is 2.36. The number of anilines is 2. The summed E-state index contributed by atoms with van der Waals surface area (Å²) in [6.07, 6.45) is 8.31. The fourth-order valence-electron chi connectivity index (χ4n) is 4.49. The molecular formula is C23H22ClIN4S. The van der Waals surface area contributed by atoms with E-state index in [0.717, 1.165) is 33.4 Å². The summed E-state index contributed by atoms with van der Waals surface area (Å²) in [7, 11) is 0. The van der Waals surface area contributed by atoms with Gasteiger partial charge in [0.05, 0.1) is 10.7 Å². The molecular weight excluding hydrogens is 527 g/mol. The predicted octanol–water partition coefficient (Wildman–Crippen LogP) is 6.49. The molecule has 1 saturated heterocycles. The summed E-state index contributed by atoms with van der Waals surface area (Å²) in [5.74, 6) is 0. The van der Waals surface area contributed by atoms with E-state index in [2.05, 4.69) is 67.5 Å². The number of nitrogens with one attached hydrogen (secondary N) is 3. The smallest absolute Gasteiger partial charge is 0.175 e. The van der Waals surface area contributed by atoms with Gasteiger partial charge < -0.3 is 15.6 Å². The Morgan fingerprint density at radius 1 is 1.20 bits per heavy atom. The highest BCUT2D eigenvalue weighted by molar-refractivity contribution is 14.1. The molecule has 30 heavy (non-hydrogen) atoms. The molecule has 3 heterocycles. The van der Waals surface area contributed by atoms with Crippen molar-refractivity contribution in [2.24, 2.45) is 0 Å². The number of aromatic nitrogens is 1. The average molecular weight is 549 g/mol. The number of benzene rings is 2. The molecule has 0 aliphatic carbocycles. The van der Waals surface area contributed by atoms with Gasteiger partial charge in [-0.15, -0.1) is 0 Å². The highest BCUT2D eigenvalue weighted by Gasteiger charge is 2.28. The van der Waals surface area contributed by atoms with Gasteiger partial charge in [-0.25, -0.2) is 0 Å². The Labute approximate surface area is 200 Å². The first kappa shape index (κ1) is 20.3. The Balaban J connectivity index is 1.36. The van der Waals surface area contributed by atoms with E-state index in [1.54, 1.807) is 0 Å². The molecule has 1 atom stereocenters. The second-order valence-corrected chi connectivity index (χ2v) is 9.95. The number of halogens is 2. The summed E-state index contributed by atoms with van der Waals surface area (Å²) in [5.41, 5.74) is 5.66. The van der Waals surface area contributed by atoms with Crippen LogP contribution in [0.1, 0.15) is 24.8 Å². The van der Waals surface area contributed by atoms with Gasteiger partial charge in [0.25, 0.3) is 0 Å². The van der Waals surface area contributed by atoms with Gasteiger partial charge in [0, 0.05) is 44.5 Å². The number of aromatic amines is 1. The molecule has 0 saturated carbocycles. The molecule has 5 rings (SSSR count). The van der Waals surface area contributed by atoms with E-state index in [-0.39, 0.29) is 0 Å². The molecule has 0 bridgehead atoms. The van der Waals surface area contributed by atoms with E-state index in [1.807, 2.05) is 24.3 Å². The lowest BCUT2D eigenvalue weighted by Gasteiger charge is -2.29. The lowest BCUT2D eigenvalue weighted by molar-refractivity contribution is 0.275. The molecule has 0 radical (unpaired) electrons. The van der Waals surface area contributed by atoms with Gasteiger partial charge in [-0.3, -0.25) is 4.90 Å². The molecule has 1 aromatic heterocycles. The van der Waals surface area contributed by atoms with Crippen molar-refractivity contribution >= 4 is 79.4 Å². The van der Waals surface area contributed by atoms with E-state index >= 15 is 0 Å². The van der Waals surface area contributed by atoms with Crippen molar-refractivity contribution in [3.8, 4) is 0 Å². The van der Waals surface area contributed by atoms with Gasteiger partial charge in [0.2, 0.25) is 0 Å². The fourth-order valence-corrected chi connectivity index (χ4v) is 5.38. The molecule has 1 unspecified atom stereocenters. The van der Waals surface area contributed by atoms with Crippen LogP contribution in [0.2, 0.25) is 5.02 Å². The Hall–Kier alpha value is -1.61. The van der Waals surface area contributed by atoms with Crippen LogP contribution < -0.4 is 10.6 Å². The number of hydrogen-bond acceptors (Lipinski definition) is 2. The van der Waals surface area contributed by atoms with Crippen molar-refractivity contribution in [3.63, 3.8) is 0 Å². The highest BCUT2D eigenvalue weighted by atomic mass is 127. The third-order valence-electron chi connectivity index (χ3n) is 5.99. The lowest BCUT2D eigenvalue weighted by Crippen LogP contribution is -2.32. The molecule has 154 valence electrons. The minimum Gasteiger partial charge on any atom is -0.361 e. The fraction of sp³-hybridized carbons (Fsp3) is 0.261. The molecule has 7 heteroatoms. The van der Waals surface area contributed by atoms with Crippen LogP contribution in [0.3, 0.4) is 0 Å². The molecule has 2 aliphatic rings. The monoisotopic (exact) mass is 548 g/mol. The van der Waals surface area contributed by atoms with Crippen LogP contribution in [-0.4, -0.2) is 34.1 Å². The van der Waals surface area contributed by atoms with E-state index in [0.29, 0.717) is 16.2 Å². The number of H-pyrrole nitrogens is 1. The maximum atomic E-state index is 6.28. The Morgan fingerprint density at radius 3 is 3.00 bits per heavy atom. The molecule has 2 aromatic carbocycles. The second-order valence-electron chi connectivity index (χ2n) is 7.89. The topological polar surface area (TPSA) is 43.1 Å². The minimum atomic E-state index is 0.522.